The molecule has 1 atom stereocenters. The van der Waals surface area contributed by atoms with Gasteiger partial charge in [-0.15, -0.1) is 10.2 Å². The van der Waals surface area contributed by atoms with Gasteiger partial charge >= 0.3 is 0 Å². The Bertz CT molecular complexity index is 788. The van der Waals surface area contributed by atoms with Crippen molar-refractivity contribution in [2.24, 2.45) is 0 Å². The quantitative estimate of drug-likeness (QED) is 0.801. The maximum atomic E-state index is 5.48. The predicted octanol–water partition coefficient (Wildman–Crippen LogP) is 2.60. The second-order valence-electron chi connectivity index (χ2n) is 4.85. The van der Waals surface area contributed by atoms with E-state index < -0.39 is 0 Å². The molecule has 21 heavy (non-hydrogen) atoms. The highest BCUT2D eigenvalue weighted by molar-refractivity contribution is 8.07. The van der Waals surface area contributed by atoms with E-state index in [1.807, 2.05) is 13.0 Å². The molecule has 0 saturated heterocycles. The smallest absolute Gasteiger partial charge is 0.231 e. The van der Waals surface area contributed by atoms with Gasteiger partial charge in [0.25, 0.3) is 0 Å². The van der Waals surface area contributed by atoms with E-state index in [4.69, 9.17) is 9.47 Å². The molecule has 0 N–H and O–H groups in total. The van der Waals surface area contributed by atoms with Gasteiger partial charge in [-0.05, 0) is 36.4 Å². The van der Waals surface area contributed by atoms with E-state index in [0.717, 1.165) is 22.5 Å². The number of thioether (sulfide) groups is 2. The lowest BCUT2D eigenvalue weighted by Crippen LogP contribution is -2.30. The minimum absolute atomic E-state index is 0.165. The Labute approximate surface area is 129 Å². The number of fused-ring (bicyclic) bond motifs is 4. The van der Waals surface area contributed by atoms with Gasteiger partial charge in [-0.2, -0.15) is 0 Å². The van der Waals surface area contributed by atoms with Crippen molar-refractivity contribution in [3.05, 3.63) is 40.0 Å². The van der Waals surface area contributed by atoms with Gasteiger partial charge in [-0.1, -0.05) is 17.8 Å². The predicted molar refractivity (Wildman–Crippen MR) is 79.8 cm³/mol. The van der Waals surface area contributed by atoms with Crippen LogP contribution in [0, 0.1) is 6.92 Å². The summed E-state index contributed by atoms with van der Waals surface area (Å²) in [6.45, 7) is 2.27. The van der Waals surface area contributed by atoms with Gasteiger partial charge in [0, 0.05) is 5.41 Å². The van der Waals surface area contributed by atoms with Crippen LogP contribution < -0.4 is 14.5 Å². The summed E-state index contributed by atoms with van der Waals surface area (Å²) in [6.07, 6.45) is 0. The maximum Gasteiger partial charge on any atom is 0.231 e. The zero-order chi connectivity index (χ0) is 14.0. The molecular formula is C13H10N4O2S2. The normalized spacial score (nSPS) is 21.5. The average Bonchev–Trinajstić information content (AvgIpc) is 3.20. The summed E-state index contributed by atoms with van der Waals surface area (Å²) >= 11 is 3.43. The fourth-order valence-corrected chi connectivity index (χ4v) is 4.92. The summed E-state index contributed by atoms with van der Waals surface area (Å²) in [5, 5.41) is 15.0. The van der Waals surface area contributed by atoms with E-state index >= 15 is 0 Å². The van der Waals surface area contributed by atoms with Gasteiger partial charge < -0.3 is 9.47 Å². The van der Waals surface area contributed by atoms with Gasteiger partial charge in [-0.3, -0.25) is 5.01 Å². The molecule has 1 aromatic carbocycles. The van der Waals surface area contributed by atoms with Crippen LogP contribution in [-0.4, -0.2) is 21.7 Å². The van der Waals surface area contributed by atoms with E-state index in [9.17, 15) is 0 Å². The van der Waals surface area contributed by atoms with Crippen molar-refractivity contribution in [2.45, 2.75) is 17.5 Å². The Hall–Kier alpha value is -1.80. The number of hydrogen-bond donors (Lipinski definition) is 0. The minimum Gasteiger partial charge on any atom is -0.454 e. The van der Waals surface area contributed by atoms with E-state index in [2.05, 4.69) is 37.4 Å². The third-order valence-corrected chi connectivity index (χ3v) is 5.80. The minimum atomic E-state index is 0.165. The molecule has 0 saturated carbocycles. The van der Waals surface area contributed by atoms with Crippen molar-refractivity contribution in [3.63, 3.8) is 0 Å². The molecule has 6 nitrogen and oxygen atoms in total. The summed E-state index contributed by atoms with van der Waals surface area (Å²) in [6, 6.07) is 6.11. The number of rotatable bonds is 1. The first-order chi connectivity index (χ1) is 10.3. The second kappa shape index (κ2) is 4.11. The molecule has 0 fully saturated rings. The monoisotopic (exact) mass is 318 g/mol. The largest absolute Gasteiger partial charge is 0.454 e. The van der Waals surface area contributed by atoms with Gasteiger partial charge in [0.15, 0.2) is 17.3 Å². The van der Waals surface area contributed by atoms with E-state index in [1.165, 1.54) is 10.6 Å². The number of aryl methyl sites for hydroxylation is 1. The van der Waals surface area contributed by atoms with Gasteiger partial charge in [0.05, 0.1) is 0 Å². The SMILES string of the molecule is Cc1nnc2n1N1C(=CS[C@H]1c1ccc3c(c1)OCO3)S2. The molecule has 0 bridgehead atoms. The highest BCUT2D eigenvalue weighted by Gasteiger charge is 2.39. The van der Waals surface area contributed by atoms with Gasteiger partial charge in [0.2, 0.25) is 11.9 Å². The van der Waals surface area contributed by atoms with Crippen molar-refractivity contribution >= 4 is 23.5 Å². The third-order valence-electron chi connectivity index (χ3n) is 3.61. The Morgan fingerprint density at radius 1 is 1.24 bits per heavy atom. The maximum absolute atomic E-state index is 5.48. The van der Waals surface area contributed by atoms with E-state index in [1.54, 1.807) is 23.5 Å². The molecule has 1 aromatic heterocycles. The lowest BCUT2D eigenvalue weighted by Gasteiger charge is -2.25. The number of ether oxygens (including phenoxy) is 2. The average molecular weight is 318 g/mol. The van der Waals surface area contributed by atoms with Crippen molar-refractivity contribution in [3.8, 4) is 11.5 Å². The highest BCUT2D eigenvalue weighted by atomic mass is 32.2. The molecule has 0 amide bonds. The fourth-order valence-electron chi connectivity index (χ4n) is 2.65. The van der Waals surface area contributed by atoms with Crippen molar-refractivity contribution in [2.75, 3.05) is 11.8 Å². The molecule has 3 aliphatic rings. The lowest BCUT2D eigenvalue weighted by molar-refractivity contribution is 0.174. The summed E-state index contributed by atoms with van der Waals surface area (Å²) in [4.78, 5) is 0. The molecule has 0 spiro atoms. The fraction of sp³-hybridized carbons (Fsp3) is 0.231. The molecule has 0 radical (unpaired) electrons. The molecule has 0 aliphatic carbocycles. The number of benzene rings is 1. The zero-order valence-electron chi connectivity index (χ0n) is 11.0. The van der Waals surface area contributed by atoms with Crippen LogP contribution in [0.3, 0.4) is 0 Å². The lowest BCUT2D eigenvalue weighted by atomic mass is 10.2. The summed E-state index contributed by atoms with van der Waals surface area (Å²) in [5.74, 6) is 2.52. The van der Waals surface area contributed by atoms with Crippen molar-refractivity contribution in [1.29, 1.82) is 0 Å². The van der Waals surface area contributed by atoms with Crippen LogP contribution in [-0.2, 0) is 0 Å². The molecule has 3 aliphatic heterocycles. The van der Waals surface area contributed by atoms with Crippen LogP contribution in [0.25, 0.3) is 0 Å². The Kier molecular flexibility index (Phi) is 2.31. The van der Waals surface area contributed by atoms with Crippen LogP contribution in [0.4, 0.5) is 0 Å². The first-order valence-corrected chi connectivity index (χ1v) is 8.22. The molecule has 4 heterocycles. The van der Waals surface area contributed by atoms with Crippen LogP contribution >= 0.6 is 23.5 Å². The summed E-state index contributed by atoms with van der Waals surface area (Å²) in [7, 11) is 0. The first-order valence-electron chi connectivity index (χ1n) is 6.46. The zero-order valence-corrected chi connectivity index (χ0v) is 12.6. The molecule has 106 valence electrons. The summed E-state index contributed by atoms with van der Waals surface area (Å²) < 4.78 is 12.9. The Morgan fingerprint density at radius 3 is 3.10 bits per heavy atom. The number of hydrogen-bond acceptors (Lipinski definition) is 7. The van der Waals surface area contributed by atoms with E-state index in [-0.39, 0.29) is 5.37 Å². The van der Waals surface area contributed by atoms with Crippen molar-refractivity contribution < 1.29 is 9.47 Å². The standard InChI is InChI=1S/C13H10N4O2S2/c1-7-14-15-13-16(7)17-11(21-13)5-20-12(17)8-2-3-9-10(4-8)19-6-18-9/h2-5,12H,6H2,1H3/t12-/m0/s1. The van der Waals surface area contributed by atoms with Crippen molar-refractivity contribution in [1.82, 2.24) is 14.9 Å². The summed E-state index contributed by atoms with van der Waals surface area (Å²) in [5.41, 5.74) is 1.18. The Morgan fingerprint density at radius 2 is 2.14 bits per heavy atom. The van der Waals surface area contributed by atoms with Gasteiger partial charge in [-0.25, -0.2) is 4.68 Å². The first kappa shape index (κ1) is 11.8. The van der Waals surface area contributed by atoms with Gasteiger partial charge in [0.1, 0.15) is 10.4 Å². The van der Waals surface area contributed by atoms with Crippen LogP contribution in [0.1, 0.15) is 16.8 Å². The molecular weight excluding hydrogens is 308 g/mol. The van der Waals surface area contributed by atoms with Crippen LogP contribution in [0.5, 0.6) is 11.5 Å². The van der Waals surface area contributed by atoms with E-state index in [0.29, 0.717) is 6.79 Å². The molecule has 5 rings (SSSR count). The topological polar surface area (TPSA) is 52.4 Å². The molecule has 2 aromatic rings. The third kappa shape index (κ3) is 1.57. The Balaban J connectivity index is 1.58. The second-order valence-corrected chi connectivity index (χ2v) is 6.79. The number of aromatic nitrogens is 3. The number of nitrogens with zero attached hydrogens (tertiary/aromatic N) is 4. The highest BCUT2D eigenvalue weighted by Crippen LogP contribution is 2.52. The van der Waals surface area contributed by atoms with Crippen LogP contribution in [0.2, 0.25) is 0 Å². The van der Waals surface area contributed by atoms with Crippen LogP contribution in [0.15, 0.2) is 33.8 Å². The molecule has 0 unspecified atom stereocenters. The molecule has 8 heteroatoms.